The van der Waals surface area contributed by atoms with Gasteiger partial charge in [-0.15, -0.1) is 11.3 Å². The molecule has 62 heavy (non-hydrogen) atoms. The van der Waals surface area contributed by atoms with E-state index in [1.54, 1.807) is 32.1 Å². The number of nitrogens with two attached hydrogens (primary N) is 1. The molecule has 2 heterocycles. The highest BCUT2D eigenvalue weighted by atomic mass is 32.1. The number of aryl methyl sites for hydroxylation is 2. The number of carbonyl (C=O) groups is 5. The Bertz CT molecular complexity index is 2210. The Balaban J connectivity index is 1.15. The Morgan fingerprint density at radius 2 is 1.56 bits per heavy atom. The summed E-state index contributed by atoms with van der Waals surface area (Å²) < 4.78 is 11.5. The lowest BCUT2D eigenvalue weighted by Gasteiger charge is -2.35. The highest BCUT2D eigenvalue weighted by Gasteiger charge is 2.44. The maximum atomic E-state index is 14.1. The molecule has 5 amide bonds. The minimum absolute atomic E-state index is 0.00495. The second-order valence-corrected chi connectivity index (χ2v) is 19.1. The van der Waals surface area contributed by atoms with E-state index in [4.69, 9.17) is 15.2 Å². The van der Waals surface area contributed by atoms with Gasteiger partial charge in [0.25, 0.3) is 0 Å². The molecule has 3 aromatic carbocycles. The highest BCUT2D eigenvalue weighted by molar-refractivity contribution is 7.13. The second-order valence-electron chi connectivity index (χ2n) is 18.2. The van der Waals surface area contributed by atoms with Crippen LogP contribution >= 0.6 is 11.3 Å². The molecular formula is C47H62N6O8S. The Morgan fingerprint density at radius 3 is 2.18 bits per heavy atom. The van der Waals surface area contributed by atoms with Crippen molar-refractivity contribution in [2.45, 2.75) is 137 Å². The molecule has 0 saturated carbocycles. The normalized spacial score (nSPS) is 17.0. The van der Waals surface area contributed by atoms with Crippen LogP contribution in [0.15, 0.2) is 66.2 Å². The van der Waals surface area contributed by atoms with Crippen molar-refractivity contribution in [2.24, 2.45) is 11.1 Å². The number of likely N-dealkylation sites (tertiary alicyclic amines) is 1. The molecule has 5 atom stereocenters. The third-order valence-corrected chi connectivity index (χ3v) is 11.8. The number of fused-ring (bicyclic) bond motifs is 1. The van der Waals surface area contributed by atoms with Crippen LogP contribution in [-0.4, -0.2) is 87.2 Å². The van der Waals surface area contributed by atoms with E-state index in [1.807, 2.05) is 101 Å². The lowest BCUT2D eigenvalue weighted by Crippen LogP contribution is -2.57. The summed E-state index contributed by atoms with van der Waals surface area (Å²) in [5.74, 6) is -1.54. The number of amides is 5. The summed E-state index contributed by atoms with van der Waals surface area (Å²) in [6.07, 6.45) is -0.848. The number of thiazole rings is 1. The summed E-state index contributed by atoms with van der Waals surface area (Å²) in [6.45, 7) is 15.2. The van der Waals surface area contributed by atoms with Crippen molar-refractivity contribution in [1.82, 2.24) is 25.8 Å². The van der Waals surface area contributed by atoms with E-state index in [9.17, 15) is 29.1 Å². The average Bonchev–Trinajstić information content (AvgIpc) is 3.82. The van der Waals surface area contributed by atoms with Crippen LogP contribution in [0.5, 0.6) is 0 Å². The first-order valence-electron chi connectivity index (χ1n) is 21.1. The molecule has 6 N–H and O–H groups in total. The van der Waals surface area contributed by atoms with Crippen LogP contribution in [0, 0.1) is 12.3 Å². The molecule has 0 radical (unpaired) electrons. The Hall–Kier alpha value is -5.38. The van der Waals surface area contributed by atoms with Gasteiger partial charge in [0, 0.05) is 32.4 Å². The molecule has 1 saturated heterocycles. The quantitative estimate of drug-likeness (QED) is 0.0834. The van der Waals surface area contributed by atoms with Gasteiger partial charge in [0.15, 0.2) is 0 Å². The van der Waals surface area contributed by atoms with Crippen LogP contribution in [0.3, 0.4) is 0 Å². The number of aliphatic hydroxyl groups is 1. The van der Waals surface area contributed by atoms with Crippen LogP contribution < -0.4 is 21.7 Å². The first kappa shape index (κ1) is 47.7. The van der Waals surface area contributed by atoms with E-state index in [1.165, 1.54) is 4.90 Å². The Morgan fingerprint density at radius 1 is 0.919 bits per heavy atom. The minimum atomic E-state index is -0.926. The van der Waals surface area contributed by atoms with Crippen LogP contribution in [0.2, 0.25) is 0 Å². The van der Waals surface area contributed by atoms with Gasteiger partial charge in [-0.05, 0) is 92.0 Å². The minimum Gasteiger partial charge on any atom is -0.444 e. The van der Waals surface area contributed by atoms with Crippen molar-refractivity contribution < 1.29 is 38.6 Å². The molecule has 1 aliphatic rings. The number of alkyl carbamates (subject to hydrolysis) is 1. The van der Waals surface area contributed by atoms with Gasteiger partial charge in [0.05, 0.1) is 40.9 Å². The summed E-state index contributed by atoms with van der Waals surface area (Å²) in [6, 6.07) is 17.5. The number of benzene rings is 3. The number of β-amino-alcohol motifs (C(OH)–C–C–N with tert-alkyl or cyclic N) is 1. The summed E-state index contributed by atoms with van der Waals surface area (Å²) in [5.41, 5.74) is 10.6. The standard InChI is InChI=1S/C47H62N6O8S/c1-28-41(62-27-50-28)33-14-10-31(11-15-33)24-49-43(57)38-23-36(54)25-53(38)44(58)42(46(3,4)5)52-40(56)20-13-30-9-16-35-22-32(12-17-34(35)21-30)26-60-29(2)37(18-19-39(48)55)51-45(59)61-47(6,7)8/h9-12,14-17,21-22,27,29,36-38,42,54H,13,18-20,23-26H2,1-8H3,(H2,48,55)(H,49,57)(H,51,59)(H,52,56)/t29-,36+,37+,38-,42+/m1/s1. The first-order valence-corrected chi connectivity index (χ1v) is 22.0. The zero-order chi connectivity index (χ0) is 45.4. The van der Waals surface area contributed by atoms with E-state index in [2.05, 4.69) is 20.9 Å². The number of primary amides is 1. The molecule has 1 fully saturated rings. The molecule has 334 valence electrons. The van der Waals surface area contributed by atoms with Crippen LogP contribution in [-0.2, 0) is 48.2 Å². The van der Waals surface area contributed by atoms with E-state index in [-0.39, 0.29) is 50.8 Å². The molecule has 0 spiro atoms. The van der Waals surface area contributed by atoms with Crippen LogP contribution in [0.4, 0.5) is 4.79 Å². The van der Waals surface area contributed by atoms with E-state index in [0.717, 1.165) is 43.6 Å². The number of hydrogen-bond acceptors (Lipinski definition) is 10. The largest absolute Gasteiger partial charge is 0.444 e. The van der Waals surface area contributed by atoms with Crippen molar-refractivity contribution in [3.63, 3.8) is 0 Å². The molecule has 1 aromatic heterocycles. The molecule has 0 aliphatic carbocycles. The second kappa shape index (κ2) is 20.7. The third-order valence-electron chi connectivity index (χ3n) is 10.8. The van der Waals surface area contributed by atoms with Gasteiger partial charge in [-0.25, -0.2) is 9.78 Å². The van der Waals surface area contributed by atoms with Gasteiger partial charge in [-0.2, -0.15) is 0 Å². The van der Waals surface area contributed by atoms with E-state index < -0.39 is 59.3 Å². The lowest BCUT2D eigenvalue weighted by atomic mass is 9.85. The fraction of sp³-hybridized carbons (Fsp3) is 0.489. The van der Waals surface area contributed by atoms with Gasteiger partial charge in [-0.1, -0.05) is 75.4 Å². The Labute approximate surface area is 368 Å². The maximum absolute atomic E-state index is 14.1. The summed E-state index contributed by atoms with van der Waals surface area (Å²) in [7, 11) is 0. The van der Waals surface area contributed by atoms with Gasteiger partial charge in [0.2, 0.25) is 23.6 Å². The molecule has 5 rings (SSSR count). The molecule has 0 bridgehead atoms. The molecule has 14 nitrogen and oxygen atoms in total. The number of rotatable bonds is 17. The fourth-order valence-corrected chi connectivity index (χ4v) is 8.20. The monoisotopic (exact) mass is 870 g/mol. The maximum Gasteiger partial charge on any atom is 0.407 e. The predicted molar refractivity (Wildman–Crippen MR) is 240 cm³/mol. The zero-order valence-electron chi connectivity index (χ0n) is 37.1. The van der Waals surface area contributed by atoms with Gasteiger partial charge < -0.3 is 41.2 Å². The Kier molecular flexibility index (Phi) is 15.9. The number of ether oxygens (including phenoxy) is 2. The van der Waals surface area contributed by atoms with Crippen molar-refractivity contribution in [3.05, 3.63) is 88.6 Å². The molecule has 4 aromatic rings. The van der Waals surface area contributed by atoms with Crippen molar-refractivity contribution >= 4 is 51.8 Å². The molecule has 15 heteroatoms. The van der Waals surface area contributed by atoms with E-state index in [0.29, 0.717) is 12.8 Å². The third kappa shape index (κ3) is 13.6. The van der Waals surface area contributed by atoms with Gasteiger partial charge in [0.1, 0.15) is 17.7 Å². The number of carbonyl (C=O) groups excluding carboxylic acids is 5. The van der Waals surface area contributed by atoms with E-state index >= 15 is 0 Å². The van der Waals surface area contributed by atoms with Gasteiger partial charge >= 0.3 is 6.09 Å². The predicted octanol–water partition coefficient (Wildman–Crippen LogP) is 6.08. The fourth-order valence-electron chi connectivity index (χ4n) is 7.39. The van der Waals surface area contributed by atoms with Gasteiger partial charge in [-0.3, -0.25) is 19.2 Å². The van der Waals surface area contributed by atoms with Crippen LogP contribution in [0.1, 0.15) is 96.5 Å². The van der Waals surface area contributed by atoms with Crippen molar-refractivity contribution in [3.8, 4) is 10.4 Å². The topological polar surface area (TPSA) is 202 Å². The molecular weight excluding hydrogens is 809 g/mol. The first-order chi connectivity index (χ1) is 29.2. The molecule has 1 aliphatic heterocycles. The average molecular weight is 871 g/mol. The summed E-state index contributed by atoms with van der Waals surface area (Å²) in [5, 5.41) is 21.3. The van der Waals surface area contributed by atoms with Crippen molar-refractivity contribution in [2.75, 3.05) is 6.54 Å². The number of aliphatic hydroxyl groups excluding tert-OH is 1. The number of nitrogens with one attached hydrogen (secondary N) is 3. The summed E-state index contributed by atoms with van der Waals surface area (Å²) >= 11 is 1.57. The number of nitrogens with zero attached hydrogens (tertiary/aromatic N) is 2. The smallest absolute Gasteiger partial charge is 0.407 e. The highest BCUT2D eigenvalue weighted by Crippen LogP contribution is 2.29. The SMILES string of the molecule is Cc1ncsc1-c1ccc(CNC(=O)[C@H]2C[C@H](O)CN2C(=O)[C@H](NC(=O)CCc2ccc3cc(CO[C@H](C)[C@H](CCC(N)=O)NC(=O)OC(C)(C)C)ccc3c2)C(C)(C)C)cc1. The number of hydrogen-bond donors (Lipinski definition) is 5. The summed E-state index contributed by atoms with van der Waals surface area (Å²) in [4.78, 5) is 71.8. The lowest BCUT2D eigenvalue weighted by molar-refractivity contribution is -0.144. The zero-order valence-corrected chi connectivity index (χ0v) is 37.9. The molecule has 0 unspecified atom stereocenters. The van der Waals surface area contributed by atoms with Crippen LogP contribution in [0.25, 0.3) is 21.2 Å². The number of aromatic nitrogens is 1. The van der Waals surface area contributed by atoms with Crippen molar-refractivity contribution in [1.29, 1.82) is 0 Å².